The summed E-state index contributed by atoms with van der Waals surface area (Å²) in [5, 5.41) is 0. The van der Waals surface area contributed by atoms with Crippen molar-refractivity contribution in [3.8, 4) is 0 Å². The normalized spacial score (nSPS) is 12.1. The number of allylic oxidation sites excluding steroid dienone is 1. The van der Waals surface area contributed by atoms with Gasteiger partial charge in [0.25, 0.3) is 0 Å². The summed E-state index contributed by atoms with van der Waals surface area (Å²) in [5.41, 5.74) is 1.37. The van der Waals surface area contributed by atoms with Crippen molar-refractivity contribution in [3.63, 3.8) is 0 Å². The molecule has 0 aliphatic heterocycles. The zero-order valence-electron chi connectivity index (χ0n) is 11.4. The molecule has 0 fully saturated rings. The second kappa shape index (κ2) is 7.23. The Kier molecular flexibility index (Phi) is 7.19. The lowest BCUT2D eigenvalue weighted by Crippen LogP contribution is -2.28. The Hall–Kier alpha value is -0.0831. The van der Waals surface area contributed by atoms with Gasteiger partial charge in [-0.25, -0.2) is 0 Å². The van der Waals surface area contributed by atoms with Crippen LogP contribution in [-0.4, -0.2) is 33.1 Å². The predicted octanol–water partition coefficient (Wildman–Crippen LogP) is 4.00. The molecule has 0 aliphatic carbocycles. The fraction of sp³-hybridized carbons (Fsp3) is 0.846. The van der Waals surface area contributed by atoms with Crippen LogP contribution in [0.3, 0.4) is 0 Å². The van der Waals surface area contributed by atoms with Crippen LogP contribution in [0.5, 0.6) is 0 Å². The van der Waals surface area contributed by atoms with E-state index in [4.69, 9.17) is 0 Å². The molecule has 2 heteroatoms. The van der Waals surface area contributed by atoms with Crippen LogP contribution in [0.4, 0.5) is 0 Å². The standard InChI is InChI=1S/C13H29NSi/c1-7-9-14(4)10-8-11-15(5,6)12-13(2)3/h2,7-12H2,1,3-6H3. The van der Waals surface area contributed by atoms with Gasteiger partial charge >= 0.3 is 0 Å². The zero-order chi connectivity index (χ0) is 11.9. The van der Waals surface area contributed by atoms with Crippen molar-refractivity contribution in [1.82, 2.24) is 4.90 Å². The average Bonchev–Trinajstić information content (AvgIpc) is 2.01. The first-order chi connectivity index (χ1) is 6.87. The lowest BCUT2D eigenvalue weighted by molar-refractivity contribution is 0.335. The van der Waals surface area contributed by atoms with E-state index in [9.17, 15) is 0 Å². The average molecular weight is 227 g/mol. The van der Waals surface area contributed by atoms with Crippen molar-refractivity contribution in [1.29, 1.82) is 0 Å². The number of hydrogen-bond acceptors (Lipinski definition) is 1. The van der Waals surface area contributed by atoms with Crippen molar-refractivity contribution >= 4 is 8.07 Å². The molecule has 0 spiro atoms. The number of rotatable bonds is 8. The van der Waals surface area contributed by atoms with Crippen LogP contribution in [0.15, 0.2) is 12.2 Å². The Morgan fingerprint density at radius 2 is 1.87 bits per heavy atom. The monoisotopic (exact) mass is 227 g/mol. The molecule has 15 heavy (non-hydrogen) atoms. The van der Waals surface area contributed by atoms with Gasteiger partial charge in [0, 0.05) is 0 Å². The Morgan fingerprint density at radius 1 is 1.27 bits per heavy atom. The van der Waals surface area contributed by atoms with Gasteiger partial charge in [-0.3, -0.25) is 0 Å². The van der Waals surface area contributed by atoms with E-state index in [0.29, 0.717) is 0 Å². The Labute approximate surface area is 97.6 Å². The summed E-state index contributed by atoms with van der Waals surface area (Å²) in [6.07, 6.45) is 2.63. The summed E-state index contributed by atoms with van der Waals surface area (Å²) in [7, 11) is 1.25. The minimum Gasteiger partial charge on any atom is -0.306 e. The maximum atomic E-state index is 4.04. The van der Waals surface area contributed by atoms with Gasteiger partial charge in [0.1, 0.15) is 0 Å². The van der Waals surface area contributed by atoms with Gasteiger partial charge in [-0.2, -0.15) is 0 Å². The molecule has 0 amide bonds. The fourth-order valence-corrected chi connectivity index (χ4v) is 5.15. The number of nitrogens with zero attached hydrogens (tertiary/aromatic N) is 1. The quantitative estimate of drug-likeness (QED) is 0.447. The molecule has 0 atom stereocenters. The summed E-state index contributed by atoms with van der Waals surface area (Å²) in [5.74, 6) is 0. The maximum Gasteiger partial charge on any atom is 0.0514 e. The Balaban J connectivity index is 3.69. The molecule has 0 bridgehead atoms. The molecule has 0 unspecified atom stereocenters. The third kappa shape index (κ3) is 8.88. The van der Waals surface area contributed by atoms with Crippen LogP contribution in [0.1, 0.15) is 26.7 Å². The topological polar surface area (TPSA) is 3.24 Å². The molecule has 0 saturated heterocycles. The second-order valence-electron chi connectivity index (χ2n) is 5.70. The van der Waals surface area contributed by atoms with Crippen LogP contribution in [0, 0.1) is 0 Å². The van der Waals surface area contributed by atoms with Gasteiger partial charge in [0.05, 0.1) is 8.07 Å². The summed E-state index contributed by atoms with van der Waals surface area (Å²) < 4.78 is 0. The van der Waals surface area contributed by atoms with E-state index in [-0.39, 0.29) is 0 Å². The van der Waals surface area contributed by atoms with Gasteiger partial charge in [-0.15, -0.1) is 6.58 Å². The van der Waals surface area contributed by atoms with E-state index in [2.05, 4.69) is 45.5 Å². The van der Waals surface area contributed by atoms with Gasteiger partial charge < -0.3 is 4.90 Å². The molecule has 0 aromatic heterocycles. The first-order valence-electron chi connectivity index (χ1n) is 6.20. The van der Waals surface area contributed by atoms with Crippen LogP contribution in [0.2, 0.25) is 25.2 Å². The molecule has 0 aliphatic rings. The Morgan fingerprint density at radius 3 is 2.33 bits per heavy atom. The fourth-order valence-electron chi connectivity index (χ4n) is 2.23. The van der Waals surface area contributed by atoms with E-state index >= 15 is 0 Å². The molecule has 1 nitrogen and oxygen atoms in total. The molecule has 0 radical (unpaired) electrons. The highest BCUT2D eigenvalue weighted by Gasteiger charge is 2.19. The van der Waals surface area contributed by atoms with Gasteiger partial charge in [0.2, 0.25) is 0 Å². The predicted molar refractivity (Wildman–Crippen MR) is 74.3 cm³/mol. The Bertz CT molecular complexity index is 187. The third-order valence-electron chi connectivity index (χ3n) is 2.78. The lowest BCUT2D eigenvalue weighted by atomic mass is 10.4. The number of hydrogen-bond donors (Lipinski definition) is 0. The molecular weight excluding hydrogens is 198 g/mol. The van der Waals surface area contributed by atoms with Crippen LogP contribution < -0.4 is 0 Å². The molecule has 0 rings (SSSR count). The molecule has 90 valence electrons. The maximum absolute atomic E-state index is 4.04. The van der Waals surface area contributed by atoms with Crippen molar-refractivity contribution < 1.29 is 0 Å². The molecule has 0 saturated carbocycles. The van der Waals surface area contributed by atoms with Crippen molar-refractivity contribution in [2.75, 3.05) is 20.1 Å². The zero-order valence-corrected chi connectivity index (χ0v) is 12.4. The highest BCUT2D eigenvalue weighted by atomic mass is 28.3. The van der Waals surface area contributed by atoms with E-state index in [0.717, 1.165) is 0 Å². The molecule has 0 aromatic rings. The van der Waals surface area contributed by atoms with Crippen molar-refractivity contribution in [2.45, 2.75) is 51.9 Å². The molecule has 0 N–H and O–H groups in total. The first-order valence-corrected chi connectivity index (χ1v) is 9.62. The van der Waals surface area contributed by atoms with E-state index < -0.39 is 8.07 Å². The van der Waals surface area contributed by atoms with Crippen LogP contribution >= 0.6 is 0 Å². The summed E-state index contributed by atoms with van der Waals surface area (Å²) in [6.45, 7) is 15.9. The third-order valence-corrected chi connectivity index (χ3v) is 6.05. The van der Waals surface area contributed by atoms with Crippen LogP contribution in [0.25, 0.3) is 0 Å². The first kappa shape index (κ1) is 14.9. The molecule has 0 aromatic carbocycles. The SMILES string of the molecule is C=C(C)C[Si](C)(C)CCCN(C)CCC. The van der Waals surface area contributed by atoms with E-state index in [1.54, 1.807) is 0 Å². The minimum absolute atomic E-state index is 0.982. The highest BCUT2D eigenvalue weighted by Crippen LogP contribution is 2.21. The molecule has 0 heterocycles. The largest absolute Gasteiger partial charge is 0.306 e. The minimum atomic E-state index is -0.982. The summed E-state index contributed by atoms with van der Waals surface area (Å²) in [6, 6.07) is 2.73. The summed E-state index contributed by atoms with van der Waals surface area (Å²) >= 11 is 0. The lowest BCUT2D eigenvalue weighted by Gasteiger charge is -2.24. The van der Waals surface area contributed by atoms with E-state index in [1.807, 2.05) is 0 Å². The second-order valence-corrected chi connectivity index (χ2v) is 10.9. The summed E-state index contributed by atoms with van der Waals surface area (Å²) in [4.78, 5) is 2.45. The van der Waals surface area contributed by atoms with Gasteiger partial charge in [-0.1, -0.05) is 31.6 Å². The van der Waals surface area contributed by atoms with Crippen molar-refractivity contribution in [3.05, 3.63) is 12.2 Å². The van der Waals surface area contributed by atoms with Gasteiger partial charge in [0.15, 0.2) is 0 Å². The molecular formula is C13H29NSi. The van der Waals surface area contributed by atoms with E-state index in [1.165, 1.54) is 43.6 Å². The van der Waals surface area contributed by atoms with Crippen molar-refractivity contribution in [2.24, 2.45) is 0 Å². The van der Waals surface area contributed by atoms with Gasteiger partial charge in [-0.05, 0) is 45.9 Å². The van der Waals surface area contributed by atoms with Crippen LogP contribution in [-0.2, 0) is 0 Å². The highest BCUT2D eigenvalue weighted by molar-refractivity contribution is 6.77. The smallest absolute Gasteiger partial charge is 0.0514 e.